The van der Waals surface area contributed by atoms with Gasteiger partial charge in [0.2, 0.25) is 0 Å². The highest BCUT2D eigenvalue weighted by molar-refractivity contribution is 9.13. The molecule has 96 valence electrons. The summed E-state index contributed by atoms with van der Waals surface area (Å²) in [7, 11) is 0. The molecule has 0 aliphatic heterocycles. The fraction of sp³-hybridized carbons (Fsp3) is 0.0769. The molecule has 0 aliphatic rings. The summed E-state index contributed by atoms with van der Waals surface area (Å²) < 4.78 is 1.65. The van der Waals surface area contributed by atoms with Crippen LogP contribution in [0.15, 0.2) is 38.6 Å². The summed E-state index contributed by atoms with van der Waals surface area (Å²) in [5.74, 6) is -1.02. The summed E-state index contributed by atoms with van der Waals surface area (Å²) in [6.07, 6.45) is 0. The minimum absolute atomic E-state index is 0.207. The molecule has 0 radical (unpaired) electrons. The third-order valence-corrected chi connectivity index (χ3v) is 6.01. The van der Waals surface area contributed by atoms with Gasteiger partial charge >= 0.3 is 0 Å². The average Bonchev–Trinajstić information content (AvgIpc) is 2.73. The van der Waals surface area contributed by atoms with Crippen LogP contribution < -0.4 is 0 Å². The highest BCUT2D eigenvalue weighted by atomic mass is 79.9. The molecule has 2 aromatic rings. The van der Waals surface area contributed by atoms with Gasteiger partial charge in [0, 0.05) is 9.50 Å². The van der Waals surface area contributed by atoms with Crippen LogP contribution in [0, 0.1) is 11.3 Å². The highest BCUT2D eigenvalue weighted by Crippen LogP contribution is 2.35. The van der Waals surface area contributed by atoms with Crippen LogP contribution in [0.3, 0.4) is 0 Å². The molecule has 0 saturated carbocycles. The van der Waals surface area contributed by atoms with Gasteiger partial charge in [-0.1, -0.05) is 23.7 Å². The Morgan fingerprint density at radius 1 is 1.32 bits per heavy atom. The minimum atomic E-state index is -0.810. The lowest BCUT2D eigenvalue weighted by Gasteiger charge is -2.06. The smallest absolute Gasteiger partial charge is 0.194 e. The summed E-state index contributed by atoms with van der Waals surface area (Å²) in [6, 6.07) is 10.5. The van der Waals surface area contributed by atoms with E-state index in [0.717, 1.165) is 8.26 Å². The monoisotopic (exact) mass is 417 g/mol. The van der Waals surface area contributed by atoms with E-state index in [2.05, 4.69) is 31.9 Å². The number of nitrogens with zero attached hydrogens (tertiary/aromatic N) is 1. The Bertz CT molecular complexity index is 641. The van der Waals surface area contributed by atoms with Gasteiger partial charge in [0.1, 0.15) is 5.92 Å². The first-order chi connectivity index (χ1) is 9.02. The Hall–Kier alpha value is -0.670. The number of halogens is 3. The number of hydrogen-bond acceptors (Lipinski definition) is 3. The molecule has 1 aromatic carbocycles. The zero-order valence-corrected chi connectivity index (χ0v) is 14.1. The predicted octanol–water partition coefficient (Wildman–Crippen LogP) is 5.42. The van der Waals surface area contributed by atoms with Crippen LogP contribution in [0.25, 0.3) is 0 Å². The number of carbonyl (C=O) groups excluding carboxylic acids is 1. The van der Waals surface area contributed by atoms with Gasteiger partial charge in [-0.25, -0.2) is 0 Å². The molecule has 0 spiro atoms. The summed E-state index contributed by atoms with van der Waals surface area (Å²) in [4.78, 5) is 12.9. The molecule has 1 aromatic heterocycles. The maximum atomic E-state index is 12.3. The van der Waals surface area contributed by atoms with Gasteiger partial charge < -0.3 is 0 Å². The third kappa shape index (κ3) is 3.26. The Morgan fingerprint density at radius 3 is 2.42 bits per heavy atom. The first-order valence-corrected chi connectivity index (χ1v) is 7.95. The van der Waals surface area contributed by atoms with E-state index < -0.39 is 5.92 Å². The fourth-order valence-corrected chi connectivity index (χ4v) is 3.68. The van der Waals surface area contributed by atoms with Gasteiger partial charge in [0.05, 0.1) is 14.7 Å². The molecule has 1 heterocycles. The van der Waals surface area contributed by atoms with Gasteiger partial charge in [0.15, 0.2) is 5.78 Å². The van der Waals surface area contributed by atoms with E-state index in [1.54, 1.807) is 30.3 Å². The normalized spacial score (nSPS) is 11.9. The zero-order valence-electron chi connectivity index (χ0n) is 9.36. The average molecular weight is 420 g/mol. The Morgan fingerprint density at radius 2 is 1.95 bits per heavy atom. The van der Waals surface area contributed by atoms with E-state index in [9.17, 15) is 10.1 Å². The largest absolute Gasteiger partial charge is 0.291 e. The molecule has 19 heavy (non-hydrogen) atoms. The van der Waals surface area contributed by atoms with E-state index >= 15 is 0 Å². The number of carbonyl (C=O) groups is 1. The van der Waals surface area contributed by atoms with Crippen LogP contribution in [0.4, 0.5) is 0 Å². The second-order valence-electron chi connectivity index (χ2n) is 3.71. The lowest BCUT2D eigenvalue weighted by Crippen LogP contribution is -2.09. The van der Waals surface area contributed by atoms with Crippen molar-refractivity contribution in [2.24, 2.45) is 0 Å². The van der Waals surface area contributed by atoms with Crippen molar-refractivity contribution in [3.63, 3.8) is 0 Å². The number of rotatable bonds is 3. The van der Waals surface area contributed by atoms with Crippen molar-refractivity contribution in [2.75, 3.05) is 0 Å². The van der Waals surface area contributed by atoms with E-state index in [0.29, 0.717) is 15.5 Å². The number of benzene rings is 1. The van der Waals surface area contributed by atoms with Crippen molar-refractivity contribution in [2.45, 2.75) is 5.92 Å². The molecule has 2 nitrogen and oxygen atoms in total. The molecule has 1 atom stereocenters. The van der Waals surface area contributed by atoms with Crippen LogP contribution in [0.5, 0.6) is 0 Å². The molecule has 6 heteroatoms. The summed E-state index contributed by atoms with van der Waals surface area (Å²) >= 11 is 13.8. The van der Waals surface area contributed by atoms with Crippen molar-refractivity contribution in [1.82, 2.24) is 0 Å². The first-order valence-electron chi connectivity index (χ1n) is 5.17. The topological polar surface area (TPSA) is 40.9 Å². The summed E-state index contributed by atoms with van der Waals surface area (Å²) in [5.41, 5.74) is 0.651. The maximum Gasteiger partial charge on any atom is 0.194 e. The Balaban J connectivity index is 2.35. The van der Waals surface area contributed by atoms with E-state index in [-0.39, 0.29) is 5.78 Å². The van der Waals surface area contributed by atoms with Crippen molar-refractivity contribution >= 4 is 60.6 Å². The lowest BCUT2D eigenvalue weighted by atomic mass is 9.95. The van der Waals surface area contributed by atoms with Gasteiger partial charge in [-0.05, 0) is 55.6 Å². The molecule has 0 bridgehead atoms. The number of Topliss-reactive ketones (excluding diaryl/α,β-unsaturated/α-hetero) is 1. The quantitative estimate of drug-likeness (QED) is 0.624. The van der Waals surface area contributed by atoms with Gasteiger partial charge in [-0.2, -0.15) is 5.26 Å². The number of ketones is 1. The Labute approximate surface area is 136 Å². The maximum absolute atomic E-state index is 12.3. The van der Waals surface area contributed by atoms with E-state index in [4.69, 9.17) is 11.6 Å². The van der Waals surface area contributed by atoms with E-state index in [1.807, 2.05) is 6.07 Å². The van der Waals surface area contributed by atoms with E-state index in [1.165, 1.54) is 11.3 Å². The van der Waals surface area contributed by atoms with Gasteiger partial charge in [-0.15, -0.1) is 11.3 Å². The van der Waals surface area contributed by atoms with Crippen LogP contribution in [-0.2, 0) is 0 Å². The molecule has 0 amide bonds. The lowest BCUT2D eigenvalue weighted by molar-refractivity contribution is 0.0983. The SMILES string of the molecule is N#CC(C(=O)c1cc(Br)c(Br)s1)c1ccc(Cl)cc1. The zero-order chi connectivity index (χ0) is 14.0. The minimum Gasteiger partial charge on any atom is -0.291 e. The molecular weight excluding hydrogens is 413 g/mol. The molecule has 0 saturated heterocycles. The predicted molar refractivity (Wildman–Crippen MR) is 83.9 cm³/mol. The Kier molecular flexibility index (Phi) is 4.80. The number of hydrogen-bond donors (Lipinski definition) is 0. The van der Waals surface area contributed by atoms with Crippen molar-refractivity contribution in [3.8, 4) is 6.07 Å². The second kappa shape index (κ2) is 6.19. The molecule has 0 fully saturated rings. The molecule has 0 N–H and O–H groups in total. The van der Waals surface area contributed by atoms with Crippen LogP contribution in [0.2, 0.25) is 5.02 Å². The van der Waals surface area contributed by atoms with Crippen LogP contribution >= 0.6 is 54.8 Å². The van der Waals surface area contributed by atoms with Gasteiger partial charge in [-0.3, -0.25) is 4.79 Å². The molecule has 2 rings (SSSR count). The standard InChI is InChI=1S/C13H6Br2ClNOS/c14-10-5-11(19-13(10)15)12(18)9(6-17)7-1-3-8(16)4-2-7/h1-5,9H. The number of thiophene rings is 1. The second-order valence-corrected chi connectivity index (χ2v) is 7.37. The van der Waals surface area contributed by atoms with Crippen molar-refractivity contribution in [3.05, 3.63) is 54.1 Å². The third-order valence-electron chi connectivity index (χ3n) is 2.48. The molecule has 0 aliphatic carbocycles. The molecular formula is C13H6Br2ClNOS. The fourth-order valence-electron chi connectivity index (χ4n) is 1.55. The van der Waals surface area contributed by atoms with Crippen LogP contribution in [0.1, 0.15) is 21.2 Å². The van der Waals surface area contributed by atoms with Crippen molar-refractivity contribution < 1.29 is 4.79 Å². The van der Waals surface area contributed by atoms with Crippen LogP contribution in [-0.4, -0.2) is 5.78 Å². The van der Waals surface area contributed by atoms with Gasteiger partial charge in [0.25, 0.3) is 0 Å². The summed E-state index contributed by atoms with van der Waals surface area (Å²) in [5, 5.41) is 9.81. The highest BCUT2D eigenvalue weighted by Gasteiger charge is 2.24. The first kappa shape index (κ1) is 14.7. The molecule has 1 unspecified atom stereocenters. The summed E-state index contributed by atoms with van der Waals surface area (Å²) in [6.45, 7) is 0. The number of nitriles is 1. The van der Waals surface area contributed by atoms with Crippen molar-refractivity contribution in [1.29, 1.82) is 5.26 Å².